The van der Waals surface area contributed by atoms with Gasteiger partial charge in [0.25, 0.3) is 0 Å². The van der Waals surface area contributed by atoms with Crippen LogP contribution in [0, 0.1) is 17.8 Å². The molecule has 0 aromatic carbocycles. The molecule has 2 nitrogen and oxygen atoms in total. The third-order valence-electron chi connectivity index (χ3n) is 5.20. The monoisotopic (exact) mass is 364 g/mol. The van der Waals surface area contributed by atoms with E-state index in [2.05, 4.69) is 27.7 Å². The fourth-order valence-electron chi connectivity index (χ4n) is 3.38. The van der Waals surface area contributed by atoms with E-state index < -0.39 is 6.10 Å². The van der Waals surface area contributed by atoms with Crippen LogP contribution in [0.1, 0.15) is 99.3 Å². The van der Waals surface area contributed by atoms with E-state index in [1.54, 1.807) is 19.1 Å². The summed E-state index contributed by atoms with van der Waals surface area (Å²) in [5.41, 5.74) is 1.07. The minimum Gasteiger partial charge on any atom is -0.381 e. The predicted molar refractivity (Wildman–Crippen MR) is 114 cm³/mol. The molecule has 152 valence electrons. The van der Waals surface area contributed by atoms with Crippen LogP contribution in [0.5, 0.6) is 0 Å². The standard InChI is InChI=1S/C24H44O2/c1-7-11-23(25)24(26)18-22(6)17-10-16-21(5)15-9-14-20(4)13-8-12-19(2)3/h7,11,18-21,23,25H,8-10,12-17H2,1-6H3. The number of aliphatic hydroxyl groups is 1. The first-order chi connectivity index (χ1) is 12.3. The van der Waals surface area contributed by atoms with E-state index in [1.807, 2.05) is 6.92 Å². The van der Waals surface area contributed by atoms with Gasteiger partial charge < -0.3 is 5.11 Å². The van der Waals surface area contributed by atoms with Crippen molar-refractivity contribution in [1.29, 1.82) is 0 Å². The van der Waals surface area contributed by atoms with E-state index in [4.69, 9.17) is 0 Å². The molecule has 2 heteroatoms. The zero-order chi connectivity index (χ0) is 19.9. The van der Waals surface area contributed by atoms with Gasteiger partial charge in [0.1, 0.15) is 6.10 Å². The molecule has 0 aliphatic carbocycles. The summed E-state index contributed by atoms with van der Waals surface area (Å²) >= 11 is 0. The van der Waals surface area contributed by atoms with Gasteiger partial charge in [-0.1, -0.05) is 90.4 Å². The van der Waals surface area contributed by atoms with Gasteiger partial charge in [0.15, 0.2) is 5.78 Å². The molecule has 0 aromatic rings. The number of carbonyl (C=O) groups excluding carboxylic acids is 1. The van der Waals surface area contributed by atoms with Gasteiger partial charge in [0.2, 0.25) is 0 Å². The fraction of sp³-hybridized carbons (Fsp3) is 0.792. The van der Waals surface area contributed by atoms with E-state index in [0.717, 1.165) is 36.2 Å². The van der Waals surface area contributed by atoms with Crippen LogP contribution in [0.4, 0.5) is 0 Å². The summed E-state index contributed by atoms with van der Waals surface area (Å²) in [5, 5.41) is 9.62. The highest BCUT2D eigenvalue weighted by molar-refractivity contribution is 5.95. The fourth-order valence-corrected chi connectivity index (χ4v) is 3.38. The van der Waals surface area contributed by atoms with Crippen LogP contribution in [0.25, 0.3) is 0 Å². The molecule has 3 unspecified atom stereocenters. The minimum absolute atomic E-state index is 0.208. The number of hydrogen-bond acceptors (Lipinski definition) is 2. The maximum absolute atomic E-state index is 11.8. The summed E-state index contributed by atoms with van der Waals surface area (Å²) in [5.74, 6) is 2.25. The average Bonchev–Trinajstić information content (AvgIpc) is 2.54. The summed E-state index contributed by atoms with van der Waals surface area (Å²) in [6.45, 7) is 13.2. The SMILES string of the molecule is CC=CC(O)C(=O)C=C(C)CCCC(C)CCCC(C)CCCC(C)C. The predicted octanol–water partition coefficient (Wildman–Crippen LogP) is 6.88. The van der Waals surface area contributed by atoms with Crippen molar-refractivity contribution < 1.29 is 9.90 Å². The lowest BCUT2D eigenvalue weighted by atomic mass is 9.91. The quantitative estimate of drug-likeness (QED) is 0.254. The van der Waals surface area contributed by atoms with Gasteiger partial charge in [-0.3, -0.25) is 4.79 Å². The molecule has 0 spiro atoms. The van der Waals surface area contributed by atoms with Crippen LogP contribution < -0.4 is 0 Å². The molecular weight excluding hydrogens is 320 g/mol. The second kappa shape index (κ2) is 15.2. The second-order valence-corrected chi connectivity index (χ2v) is 8.72. The molecule has 26 heavy (non-hydrogen) atoms. The van der Waals surface area contributed by atoms with Crippen LogP contribution in [0.15, 0.2) is 23.8 Å². The maximum Gasteiger partial charge on any atom is 0.187 e. The number of carbonyl (C=O) groups is 1. The minimum atomic E-state index is -0.989. The highest BCUT2D eigenvalue weighted by atomic mass is 16.3. The Morgan fingerprint density at radius 1 is 0.885 bits per heavy atom. The first-order valence-corrected chi connectivity index (χ1v) is 10.8. The van der Waals surface area contributed by atoms with Gasteiger partial charge in [0, 0.05) is 0 Å². The highest BCUT2D eigenvalue weighted by Crippen LogP contribution is 2.22. The van der Waals surface area contributed by atoms with Gasteiger partial charge in [-0.2, -0.15) is 0 Å². The lowest BCUT2D eigenvalue weighted by molar-refractivity contribution is -0.120. The first-order valence-electron chi connectivity index (χ1n) is 10.8. The zero-order valence-electron chi connectivity index (χ0n) is 18.3. The molecule has 0 rings (SSSR count). The zero-order valence-corrected chi connectivity index (χ0v) is 18.3. The van der Waals surface area contributed by atoms with Gasteiger partial charge in [-0.05, 0) is 50.5 Å². The maximum atomic E-state index is 11.8. The summed E-state index contributed by atoms with van der Waals surface area (Å²) < 4.78 is 0. The Labute approximate surface area is 163 Å². The van der Waals surface area contributed by atoms with Crippen LogP contribution in [-0.2, 0) is 4.79 Å². The number of rotatable bonds is 15. The van der Waals surface area contributed by atoms with Crippen LogP contribution in [0.2, 0.25) is 0 Å². The molecule has 0 bridgehead atoms. The lowest BCUT2D eigenvalue weighted by Crippen LogP contribution is -2.15. The van der Waals surface area contributed by atoms with E-state index in [0.29, 0.717) is 0 Å². The molecule has 0 fully saturated rings. The number of hydrogen-bond donors (Lipinski definition) is 1. The molecule has 0 aromatic heterocycles. The van der Waals surface area contributed by atoms with Crippen LogP contribution in [0.3, 0.4) is 0 Å². The normalized spacial score (nSPS) is 16.2. The van der Waals surface area contributed by atoms with Gasteiger partial charge in [-0.25, -0.2) is 0 Å². The summed E-state index contributed by atoms with van der Waals surface area (Å²) in [7, 11) is 0. The van der Waals surface area contributed by atoms with Crippen molar-refractivity contribution in [1.82, 2.24) is 0 Å². The van der Waals surface area contributed by atoms with Crippen LogP contribution in [-0.4, -0.2) is 17.0 Å². The van der Waals surface area contributed by atoms with E-state index >= 15 is 0 Å². The van der Waals surface area contributed by atoms with Crippen molar-refractivity contribution in [2.24, 2.45) is 17.8 Å². The molecule has 0 saturated carbocycles. The van der Waals surface area contributed by atoms with E-state index in [1.165, 1.54) is 51.0 Å². The molecule has 1 N–H and O–H groups in total. The smallest absolute Gasteiger partial charge is 0.187 e. The Hall–Kier alpha value is -0.890. The van der Waals surface area contributed by atoms with Gasteiger partial charge in [0.05, 0.1) is 0 Å². The largest absolute Gasteiger partial charge is 0.381 e. The molecule has 3 atom stereocenters. The molecule has 0 aliphatic heterocycles. The van der Waals surface area contributed by atoms with Crippen molar-refractivity contribution in [3.8, 4) is 0 Å². The Morgan fingerprint density at radius 3 is 1.88 bits per heavy atom. The molecular formula is C24H44O2. The Kier molecular flexibility index (Phi) is 14.7. The number of ketones is 1. The van der Waals surface area contributed by atoms with Crippen molar-refractivity contribution in [2.45, 2.75) is 105 Å². The Bertz CT molecular complexity index is 420. The summed E-state index contributed by atoms with van der Waals surface area (Å²) in [6.07, 6.45) is 15.3. The van der Waals surface area contributed by atoms with Gasteiger partial charge >= 0.3 is 0 Å². The van der Waals surface area contributed by atoms with E-state index in [-0.39, 0.29) is 5.78 Å². The molecule has 0 aliphatic rings. The first kappa shape index (κ1) is 25.1. The van der Waals surface area contributed by atoms with Crippen molar-refractivity contribution in [2.75, 3.05) is 0 Å². The molecule has 0 saturated heterocycles. The topological polar surface area (TPSA) is 37.3 Å². The average molecular weight is 365 g/mol. The van der Waals surface area contributed by atoms with E-state index in [9.17, 15) is 9.90 Å². The Balaban J connectivity index is 3.85. The third kappa shape index (κ3) is 14.3. The highest BCUT2D eigenvalue weighted by Gasteiger charge is 2.09. The molecule has 0 amide bonds. The van der Waals surface area contributed by atoms with Gasteiger partial charge in [-0.15, -0.1) is 0 Å². The summed E-state index contributed by atoms with van der Waals surface area (Å²) in [4.78, 5) is 11.8. The van der Waals surface area contributed by atoms with Crippen LogP contribution >= 0.6 is 0 Å². The number of allylic oxidation sites excluding steroid dienone is 2. The summed E-state index contributed by atoms with van der Waals surface area (Å²) in [6, 6.07) is 0. The van der Waals surface area contributed by atoms with Crippen molar-refractivity contribution >= 4 is 5.78 Å². The third-order valence-corrected chi connectivity index (χ3v) is 5.20. The molecule has 0 heterocycles. The van der Waals surface area contributed by atoms with Crippen molar-refractivity contribution in [3.05, 3.63) is 23.8 Å². The van der Waals surface area contributed by atoms with Crippen molar-refractivity contribution in [3.63, 3.8) is 0 Å². The number of aliphatic hydroxyl groups excluding tert-OH is 1. The lowest BCUT2D eigenvalue weighted by Gasteiger charge is -2.15. The Morgan fingerprint density at radius 2 is 1.38 bits per heavy atom. The second-order valence-electron chi connectivity index (χ2n) is 8.72. The molecule has 0 radical (unpaired) electrons.